The molecule has 0 unspecified atom stereocenters. The largest absolute Gasteiger partial charge is 0.377 e. The maximum Gasteiger partial charge on any atom is 0.150 e. The van der Waals surface area contributed by atoms with Crippen molar-refractivity contribution in [2.75, 3.05) is 5.32 Å². The highest BCUT2D eigenvalue weighted by atomic mass is 35.5. The first kappa shape index (κ1) is 15.1. The average Bonchev–Trinajstić information content (AvgIpc) is 2.39. The number of rotatable bonds is 3. The van der Waals surface area contributed by atoms with Gasteiger partial charge in [0.2, 0.25) is 0 Å². The quantitative estimate of drug-likeness (QED) is 0.853. The molecule has 0 atom stereocenters. The van der Waals surface area contributed by atoms with Crippen molar-refractivity contribution < 1.29 is 17.6 Å². The van der Waals surface area contributed by atoms with Crippen LogP contribution in [0.5, 0.6) is 0 Å². The third-order valence-electron chi connectivity index (χ3n) is 2.72. The second-order valence-electron chi connectivity index (χ2n) is 4.13. The lowest BCUT2D eigenvalue weighted by atomic mass is 10.1. The third-order valence-corrected chi connectivity index (χ3v) is 3.02. The van der Waals surface area contributed by atoms with E-state index in [1.54, 1.807) is 6.07 Å². The zero-order valence-corrected chi connectivity index (χ0v) is 11.1. The lowest BCUT2D eigenvalue weighted by Crippen LogP contribution is -2.07. The second-order valence-corrected chi connectivity index (χ2v) is 4.54. The van der Waals surface area contributed by atoms with E-state index in [0.29, 0.717) is 6.07 Å². The monoisotopic (exact) mass is 314 g/mol. The Hall–Kier alpha value is -2.26. The molecule has 7 heteroatoms. The molecule has 2 aromatic rings. The van der Waals surface area contributed by atoms with Crippen LogP contribution in [0.1, 0.15) is 11.1 Å². The summed E-state index contributed by atoms with van der Waals surface area (Å²) in [6.07, 6.45) is 0. The lowest BCUT2D eigenvalue weighted by Gasteiger charge is -2.11. The Labute approximate surface area is 122 Å². The van der Waals surface area contributed by atoms with Gasteiger partial charge in [0.15, 0.2) is 5.82 Å². The highest BCUT2D eigenvalue weighted by Crippen LogP contribution is 2.27. The van der Waals surface area contributed by atoms with Gasteiger partial charge in [-0.2, -0.15) is 5.26 Å². The van der Waals surface area contributed by atoms with Gasteiger partial charge in [-0.3, -0.25) is 0 Å². The van der Waals surface area contributed by atoms with Crippen LogP contribution in [0.25, 0.3) is 0 Å². The molecule has 0 saturated heterocycles. The van der Waals surface area contributed by atoms with Crippen molar-refractivity contribution in [3.63, 3.8) is 0 Å². The molecule has 1 N–H and O–H groups in total. The van der Waals surface area contributed by atoms with Gasteiger partial charge in [-0.25, -0.2) is 17.6 Å². The van der Waals surface area contributed by atoms with Crippen molar-refractivity contribution in [1.82, 2.24) is 0 Å². The minimum absolute atomic E-state index is 0.167. The number of anilines is 1. The summed E-state index contributed by atoms with van der Waals surface area (Å²) in [5, 5.41) is 10.7. The number of halogens is 5. The molecule has 0 aliphatic rings. The molecule has 0 heterocycles. The predicted molar refractivity (Wildman–Crippen MR) is 69.8 cm³/mol. The van der Waals surface area contributed by atoms with E-state index in [0.717, 1.165) is 18.2 Å². The molecular weight excluding hydrogens is 308 g/mol. The SMILES string of the molecule is N#Cc1cc(F)c(CNc2c(F)cc(F)cc2Cl)c(F)c1. The van der Waals surface area contributed by atoms with Crippen molar-refractivity contribution in [3.8, 4) is 6.07 Å². The Morgan fingerprint density at radius 1 is 1.00 bits per heavy atom. The normalized spacial score (nSPS) is 10.3. The van der Waals surface area contributed by atoms with E-state index in [2.05, 4.69) is 5.32 Å². The van der Waals surface area contributed by atoms with Crippen molar-refractivity contribution >= 4 is 17.3 Å². The van der Waals surface area contributed by atoms with Crippen molar-refractivity contribution in [2.45, 2.75) is 6.54 Å². The number of nitriles is 1. The summed E-state index contributed by atoms with van der Waals surface area (Å²) in [5.41, 5.74) is -0.810. The van der Waals surface area contributed by atoms with Crippen LogP contribution in [0.2, 0.25) is 5.02 Å². The molecule has 0 aliphatic heterocycles. The maximum absolute atomic E-state index is 13.6. The zero-order chi connectivity index (χ0) is 15.6. The van der Waals surface area contributed by atoms with Crippen molar-refractivity contribution in [3.05, 3.63) is 63.7 Å². The summed E-state index contributed by atoms with van der Waals surface area (Å²) >= 11 is 5.66. The molecule has 0 aromatic heterocycles. The Bertz CT molecular complexity index is 694. The van der Waals surface area contributed by atoms with Gasteiger partial charge in [0.1, 0.15) is 17.5 Å². The van der Waals surface area contributed by atoms with Crippen LogP contribution in [0.3, 0.4) is 0 Å². The van der Waals surface area contributed by atoms with Crippen LogP contribution in [-0.2, 0) is 6.54 Å². The van der Waals surface area contributed by atoms with Crippen LogP contribution < -0.4 is 5.32 Å². The Morgan fingerprint density at radius 3 is 2.14 bits per heavy atom. The number of hydrogen-bond acceptors (Lipinski definition) is 2. The first-order chi connectivity index (χ1) is 9.92. The molecule has 2 aromatic carbocycles. The summed E-state index contributed by atoms with van der Waals surface area (Å²) in [5.74, 6) is -3.73. The molecule has 0 aliphatic carbocycles. The molecule has 0 radical (unpaired) electrons. The number of nitrogens with one attached hydrogen (secondary N) is 1. The zero-order valence-electron chi connectivity index (χ0n) is 10.4. The standard InChI is InChI=1S/C14H7ClF4N2/c15-10-3-8(16)4-13(19)14(10)21-6-9-11(17)1-7(5-20)2-12(9)18/h1-4,21H,6H2. The van der Waals surface area contributed by atoms with Crippen LogP contribution in [0.15, 0.2) is 24.3 Å². The van der Waals surface area contributed by atoms with Gasteiger partial charge in [0.25, 0.3) is 0 Å². The molecular formula is C14H7ClF4N2. The van der Waals surface area contributed by atoms with Gasteiger partial charge in [0.05, 0.1) is 22.3 Å². The first-order valence-electron chi connectivity index (χ1n) is 5.69. The molecule has 2 nitrogen and oxygen atoms in total. The number of nitrogens with zero attached hydrogens (tertiary/aromatic N) is 1. The maximum atomic E-state index is 13.6. The van der Waals surface area contributed by atoms with E-state index in [1.807, 2.05) is 0 Å². The van der Waals surface area contributed by atoms with Gasteiger partial charge < -0.3 is 5.32 Å². The molecule has 0 spiro atoms. The van der Waals surface area contributed by atoms with E-state index in [-0.39, 0.29) is 21.8 Å². The number of hydrogen-bond donors (Lipinski definition) is 1. The molecule has 2 rings (SSSR count). The van der Waals surface area contributed by atoms with Crippen molar-refractivity contribution in [2.24, 2.45) is 0 Å². The molecule has 0 fully saturated rings. The van der Waals surface area contributed by atoms with Gasteiger partial charge in [-0.1, -0.05) is 11.6 Å². The highest BCUT2D eigenvalue weighted by Gasteiger charge is 2.14. The summed E-state index contributed by atoms with van der Waals surface area (Å²) in [7, 11) is 0. The fourth-order valence-corrected chi connectivity index (χ4v) is 1.99. The summed E-state index contributed by atoms with van der Waals surface area (Å²) in [6, 6.07) is 4.81. The third kappa shape index (κ3) is 3.26. The average molecular weight is 315 g/mol. The summed E-state index contributed by atoms with van der Waals surface area (Å²) in [6.45, 7) is -0.411. The smallest absolute Gasteiger partial charge is 0.150 e. The van der Waals surface area contributed by atoms with Crippen LogP contribution in [-0.4, -0.2) is 0 Å². The first-order valence-corrected chi connectivity index (χ1v) is 6.06. The van der Waals surface area contributed by atoms with Gasteiger partial charge >= 0.3 is 0 Å². The number of benzene rings is 2. The van der Waals surface area contributed by atoms with E-state index in [4.69, 9.17) is 16.9 Å². The lowest BCUT2D eigenvalue weighted by molar-refractivity contribution is 0.557. The van der Waals surface area contributed by atoms with Crippen LogP contribution in [0.4, 0.5) is 23.2 Å². The minimum Gasteiger partial charge on any atom is -0.377 e. The molecule has 0 saturated carbocycles. The minimum atomic E-state index is -0.977. The highest BCUT2D eigenvalue weighted by molar-refractivity contribution is 6.33. The molecule has 108 valence electrons. The van der Waals surface area contributed by atoms with Gasteiger partial charge in [-0.15, -0.1) is 0 Å². The molecule has 21 heavy (non-hydrogen) atoms. The van der Waals surface area contributed by atoms with Gasteiger partial charge in [0, 0.05) is 18.2 Å². The van der Waals surface area contributed by atoms with Crippen LogP contribution in [0, 0.1) is 34.6 Å². The van der Waals surface area contributed by atoms with E-state index >= 15 is 0 Å². The fraction of sp³-hybridized carbons (Fsp3) is 0.0714. The summed E-state index contributed by atoms with van der Waals surface area (Å²) < 4.78 is 53.7. The topological polar surface area (TPSA) is 35.8 Å². The Balaban J connectivity index is 2.28. The van der Waals surface area contributed by atoms with E-state index < -0.39 is 29.8 Å². The van der Waals surface area contributed by atoms with Crippen LogP contribution >= 0.6 is 11.6 Å². The predicted octanol–water partition coefficient (Wildman–Crippen LogP) is 4.38. The van der Waals surface area contributed by atoms with E-state index in [9.17, 15) is 17.6 Å². The summed E-state index contributed by atoms with van der Waals surface area (Å²) in [4.78, 5) is 0. The van der Waals surface area contributed by atoms with E-state index in [1.165, 1.54) is 0 Å². The second kappa shape index (κ2) is 6.02. The molecule has 0 bridgehead atoms. The molecule has 0 amide bonds. The van der Waals surface area contributed by atoms with Crippen molar-refractivity contribution in [1.29, 1.82) is 5.26 Å². The van der Waals surface area contributed by atoms with Gasteiger partial charge in [-0.05, 0) is 18.2 Å². The fourth-order valence-electron chi connectivity index (χ4n) is 1.72. The Morgan fingerprint density at radius 2 is 1.62 bits per heavy atom. The Kier molecular flexibility index (Phi) is 4.34.